The highest BCUT2D eigenvalue weighted by atomic mass is 35.5. The second-order valence-electron chi connectivity index (χ2n) is 8.05. The summed E-state index contributed by atoms with van der Waals surface area (Å²) in [5.74, 6) is -4.16. The van der Waals surface area contributed by atoms with Crippen LogP contribution in [-0.4, -0.2) is 53.4 Å². The van der Waals surface area contributed by atoms with Crippen molar-refractivity contribution in [1.29, 1.82) is 0 Å². The van der Waals surface area contributed by atoms with E-state index in [0.29, 0.717) is 23.0 Å². The SMILES string of the molecule is COc1ccc(C(C)=O)cc1CC(=O)N[C@@H](C)C(=O)NC(=CC(=O)O)C(=O)CSCc1c(F)cccc1Cl. The predicted octanol–water partition coefficient (Wildman–Crippen LogP) is 3.32. The third-order valence-electron chi connectivity index (χ3n) is 5.18. The van der Waals surface area contributed by atoms with Gasteiger partial charge < -0.3 is 20.5 Å². The van der Waals surface area contributed by atoms with Crippen molar-refractivity contribution in [3.05, 3.63) is 75.7 Å². The van der Waals surface area contributed by atoms with Crippen molar-refractivity contribution < 1.29 is 38.2 Å². The first-order chi connectivity index (χ1) is 17.9. The fourth-order valence-electron chi connectivity index (χ4n) is 3.21. The van der Waals surface area contributed by atoms with Crippen molar-refractivity contribution in [2.45, 2.75) is 32.1 Å². The Morgan fingerprint density at radius 1 is 1.18 bits per heavy atom. The van der Waals surface area contributed by atoms with E-state index in [2.05, 4.69) is 10.6 Å². The van der Waals surface area contributed by atoms with Crippen molar-refractivity contribution in [2.24, 2.45) is 0 Å². The first-order valence-corrected chi connectivity index (χ1v) is 12.7. The number of rotatable bonds is 13. The molecule has 9 nitrogen and oxygen atoms in total. The largest absolute Gasteiger partial charge is 0.496 e. The zero-order valence-corrected chi connectivity index (χ0v) is 22.4. The summed E-state index contributed by atoms with van der Waals surface area (Å²) in [5.41, 5.74) is 0.517. The van der Waals surface area contributed by atoms with Gasteiger partial charge in [0.1, 0.15) is 17.6 Å². The number of benzene rings is 2. The van der Waals surface area contributed by atoms with Gasteiger partial charge >= 0.3 is 5.97 Å². The number of Topliss-reactive ketones (excluding diaryl/α,β-unsaturated/α-hetero) is 2. The molecular formula is C26H26ClFN2O7S. The molecule has 2 aromatic rings. The summed E-state index contributed by atoms with van der Waals surface area (Å²) >= 11 is 6.96. The Labute approximate surface area is 227 Å². The maximum absolute atomic E-state index is 13.9. The number of carboxylic acid groups (broad SMARTS) is 1. The average molecular weight is 565 g/mol. The molecule has 2 amide bonds. The molecule has 12 heteroatoms. The number of carboxylic acids is 1. The molecule has 38 heavy (non-hydrogen) atoms. The molecule has 3 N–H and O–H groups in total. The molecule has 0 saturated heterocycles. The van der Waals surface area contributed by atoms with Crippen molar-refractivity contribution in [3.63, 3.8) is 0 Å². The molecule has 0 spiro atoms. The molecule has 0 aliphatic carbocycles. The molecule has 0 aliphatic heterocycles. The Kier molecular flexibility index (Phi) is 11.5. The molecule has 2 aromatic carbocycles. The molecule has 0 heterocycles. The monoisotopic (exact) mass is 564 g/mol. The second kappa shape index (κ2) is 14.3. The molecular weight excluding hydrogens is 539 g/mol. The summed E-state index contributed by atoms with van der Waals surface area (Å²) < 4.78 is 19.1. The normalized spacial score (nSPS) is 11.9. The molecule has 0 bridgehead atoms. The quantitative estimate of drug-likeness (QED) is 0.249. The van der Waals surface area contributed by atoms with Gasteiger partial charge in [0, 0.05) is 27.5 Å². The van der Waals surface area contributed by atoms with Crippen LogP contribution in [0.1, 0.15) is 35.3 Å². The highest BCUT2D eigenvalue weighted by molar-refractivity contribution is 7.99. The minimum atomic E-state index is -1.47. The molecule has 0 aliphatic rings. The van der Waals surface area contributed by atoms with Gasteiger partial charge in [0.2, 0.25) is 11.8 Å². The third kappa shape index (κ3) is 9.00. The van der Waals surface area contributed by atoms with E-state index < -0.39 is 41.1 Å². The van der Waals surface area contributed by atoms with Gasteiger partial charge in [-0.1, -0.05) is 17.7 Å². The number of aliphatic carboxylic acids is 1. The highest BCUT2D eigenvalue weighted by Gasteiger charge is 2.22. The number of thioether (sulfide) groups is 1. The number of ether oxygens (including phenoxy) is 1. The Hall–Kier alpha value is -3.70. The summed E-state index contributed by atoms with van der Waals surface area (Å²) in [5, 5.41) is 14.0. The van der Waals surface area contributed by atoms with Crippen LogP contribution in [0.2, 0.25) is 5.02 Å². The van der Waals surface area contributed by atoms with Crippen molar-refractivity contribution in [2.75, 3.05) is 12.9 Å². The lowest BCUT2D eigenvalue weighted by Gasteiger charge is -2.16. The fourth-order valence-corrected chi connectivity index (χ4v) is 4.46. The van der Waals surface area contributed by atoms with Gasteiger partial charge in [-0.05, 0) is 44.2 Å². The number of hydrogen-bond acceptors (Lipinski definition) is 7. The maximum atomic E-state index is 13.9. The van der Waals surface area contributed by atoms with Crippen LogP contribution in [0.25, 0.3) is 0 Å². The standard InChI is InChI=1S/C26H26ClFN2O7S/c1-14(29-24(33)10-17-9-16(15(2)31)7-8-23(17)37-3)26(36)30-21(11-25(34)35)22(32)13-38-12-18-19(27)5-4-6-20(18)28/h4-9,11,14H,10,12-13H2,1-3H3,(H,29,33)(H,30,36)(H,34,35)/t14-/m0/s1. The van der Waals surface area contributed by atoms with E-state index in [9.17, 15) is 28.4 Å². The summed E-state index contributed by atoms with van der Waals surface area (Å²) in [6, 6.07) is 7.68. The number of halogens is 2. The van der Waals surface area contributed by atoms with E-state index in [1.807, 2.05) is 0 Å². The number of nitrogens with one attached hydrogen (secondary N) is 2. The minimum absolute atomic E-state index is 0.0479. The van der Waals surface area contributed by atoms with E-state index >= 15 is 0 Å². The Bertz CT molecular complexity index is 1260. The van der Waals surface area contributed by atoms with Crippen LogP contribution >= 0.6 is 23.4 Å². The Balaban J connectivity index is 2.01. The summed E-state index contributed by atoms with van der Waals surface area (Å²) in [6.45, 7) is 2.74. The average Bonchev–Trinajstić information content (AvgIpc) is 2.84. The van der Waals surface area contributed by atoms with Crippen LogP contribution in [0, 0.1) is 5.82 Å². The van der Waals surface area contributed by atoms with E-state index in [4.69, 9.17) is 21.4 Å². The number of amides is 2. The lowest BCUT2D eigenvalue weighted by Crippen LogP contribution is -2.46. The van der Waals surface area contributed by atoms with Crippen LogP contribution < -0.4 is 15.4 Å². The van der Waals surface area contributed by atoms with Crippen LogP contribution in [0.5, 0.6) is 5.75 Å². The topological polar surface area (TPSA) is 139 Å². The molecule has 0 aromatic heterocycles. The molecule has 0 fully saturated rings. The second-order valence-corrected chi connectivity index (χ2v) is 9.44. The van der Waals surface area contributed by atoms with Crippen LogP contribution in [0.15, 0.2) is 48.2 Å². The fraction of sp³-hybridized carbons (Fsp3) is 0.269. The molecule has 0 unspecified atom stereocenters. The highest BCUT2D eigenvalue weighted by Crippen LogP contribution is 2.24. The minimum Gasteiger partial charge on any atom is -0.496 e. The van der Waals surface area contributed by atoms with E-state index in [1.165, 1.54) is 45.2 Å². The van der Waals surface area contributed by atoms with Gasteiger partial charge in [0.15, 0.2) is 11.6 Å². The van der Waals surface area contributed by atoms with Crippen LogP contribution in [0.4, 0.5) is 4.39 Å². The zero-order chi connectivity index (χ0) is 28.4. The van der Waals surface area contributed by atoms with Gasteiger partial charge in [0.05, 0.1) is 31.1 Å². The lowest BCUT2D eigenvalue weighted by atomic mass is 10.0. The number of carbonyl (C=O) groups excluding carboxylic acids is 4. The number of allylic oxidation sites excluding steroid dienone is 1. The van der Waals surface area contributed by atoms with E-state index in [-0.39, 0.29) is 34.3 Å². The molecule has 0 radical (unpaired) electrons. The molecule has 0 saturated carbocycles. The molecule has 1 atom stereocenters. The van der Waals surface area contributed by atoms with Crippen molar-refractivity contribution in [1.82, 2.24) is 10.6 Å². The lowest BCUT2D eigenvalue weighted by molar-refractivity contribution is -0.132. The Morgan fingerprint density at radius 3 is 2.50 bits per heavy atom. The number of carbonyl (C=O) groups is 5. The predicted molar refractivity (Wildman–Crippen MR) is 141 cm³/mol. The number of ketones is 2. The summed E-state index contributed by atoms with van der Waals surface area (Å²) in [6.07, 6.45) is 0.345. The van der Waals surface area contributed by atoms with Gasteiger partial charge in [-0.3, -0.25) is 19.2 Å². The van der Waals surface area contributed by atoms with E-state index in [1.54, 1.807) is 12.1 Å². The van der Waals surface area contributed by atoms with Crippen LogP contribution in [-0.2, 0) is 31.4 Å². The first kappa shape index (κ1) is 30.5. The van der Waals surface area contributed by atoms with Crippen molar-refractivity contribution in [3.8, 4) is 5.75 Å². The van der Waals surface area contributed by atoms with Gasteiger partial charge in [0.25, 0.3) is 0 Å². The molecule has 202 valence electrons. The van der Waals surface area contributed by atoms with E-state index in [0.717, 1.165) is 11.8 Å². The summed E-state index contributed by atoms with van der Waals surface area (Å²) in [4.78, 5) is 60.6. The Morgan fingerprint density at radius 2 is 1.89 bits per heavy atom. The van der Waals surface area contributed by atoms with Crippen LogP contribution in [0.3, 0.4) is 0 Å². The number of hydrogen-bond donors (Lipinski definition) is 3. The zero-order valence-electron chi connectivity index (χ0n) is 20.8. The van der Waals surface area contributed by atoms with Gasteiger partial charge in [-0.2, -0.15) is 0 Å². The van der Waals surface area contributed by atoms with Gasteiger partial charge in [-0.25, -0.2) is 9.18 Å². The molecule has 2 rings (SSSR count). The first-order valence-electron chi connectivity index (χ1n) is 11.2. The summed E-state index contributed by atoms with van der Waals surface area (Å²) in [7, 11) is 1.41. The van der Waals surface area contributed by atoms with Crippen molar-refractivity contribution >= 4 is 52.7 Å². The van der Waals surface area contributed by atoms with Gasteiger partial charge in [-0.15, -0.1) is 11.8 Å². The smallest absolute Gasteiger partial charge is 0.330 e. The number of methoxy groups -OCH3 is 1. The third-order valence-corrected chi connectivity index (χ3v) is 6.49. The maximum Gasteiger partial charge on any atom is 0.330 e.